The molecule has 0 rings (SSSR count). The lowest BCUT2D eigenvalue weighted by Gasteiger charge is -2.04. The van der Waals surface area contributed by atoms with Gasteiger partial charge in [0.2, 0.25) is 0 Å². The Bertz CT molecular complexity index is 163. The van der Waals surface area contributed by atoms with Crippen molar-refractivity contribution in [2.24, 2.45) is 10.9 Å². The van der Waals surface area contributed by atoms with Crippen LogP contribution < -0.4 is 11.1 Å². The molecule has 0 aromatic rings. The Morgan fingerprint density at radius 3 is 2.73 bits per heavy atom. The van der Waals surface area contributed by atoms with Crippen molar-refractivity contribution in [2.45, 2.75) is 32.6 Å². The predicted molar refractivity (Wildman–Crippen MR) is 61.2 cm³/mol. The average molecular weight is 217 g/mol. The Hall–Kier alpha value is -0.810. The second kappa shape index (κ2) is 11.3. The number of oxime groups is 1. The van der Waals surface area contributed by atoms with Crippen molar-refractivity contribution in [3.63, 3.8) is 0 Å². The van der Waals surface area contributed by atoms with Gasteiger partial charge < -0.3 is 21.0 Å². The van der Waals surface area contributed by atoms with Crippen molar-refractivity contribution >= 4 is 5.84 Å². The molecular formula is C10H23N3O2. The van der Waals surface area contributed by atoms with Crippen LogP contribution in [-0.4, -0.2) is 37.3 Å². The molecule has 4 N–H and O–H groups in total. The first-order chi connectivity index (χ1) is 7.31. The average Bonchev–Trinajstić information content (AvgIpc) is 2.26. The molecular weight excluding hydrogens is 194 g/mol. The largest absolute Gasteiger partial charge is 0.409 e. The van der Waals surface area contributed by atoms with Crippen molar-refractivity contribution in [1.29, 1.82) is 0 Å². The minimum absolute atomic E-state index is 0.311. The minimum atomic E-state index is 0.311. The Kier molecular flexibility index (Phi) is 10.7. The molecule has 90 valence electrons. The molecule has 0 bridgehead atoms. The van der Waals surface area contributed by atoms with Gasteiger partial charge in [-0.1, -0.05) is 5.16 Å². The lowest BCUT2D eigenvalue weighted by molar-refractivity contribution is 0.145. The van der Waals surface area contributed by atoms with Crippen molar-refractivity contribution in [1.82, 2.24) is 5.32 Å². The Balaban J connectivity index is 2.99. The summed E-state index contributed by atoms with van der Waals surface area (Å²) in [5, 5.41) is 14.5. The van der Waals surface area contributed by atoms with Crippen LogP contribution in [0.3, 0.4) is 0 Å². The molecule has 0 aliphatic carbocycles. The molecule has 15 heavy (non-hydrogen) atoms. The summed E-state index contributed by atoms with van der Waals surface area (Å²) in [4.78, 5) is 0. The van der Waals surface area contributed by atoms with E-state index in [9.17, 15) is 0 Å². The molecule has 0 atom stereocenters. The van der Waals surface area contributed by atoms with Crippen LogP contribution >= 0.6 is 0 Å². The van der Waals surface area contributed by atoms with Gasteiger partial charge >= 0.3 is 0 Å². The summed E-state index contributed by atoms with van der Waals surface area (Å²) in [6.45, 7) is 5.59. The second-order valence-corrected chi connectivity index (χ2v) is 3.35. The zero-order valence-corrected chi connectivity index (χ0v) is 9.54. The number of nitrogens with zero attached hydrogens (tertiary/aromatic N) is 1. The van der Waals surface area contributed by atoms with Gasteiger partial charge in [-0.2, -0.15) is 0 Å². The third-order valence-corrected chi connectivity index (χ3v) is 2.01. The van der Waals surface area contributed by atoms with E-state index in [2.05, 4.69) is 10.5 Å². The van der Waals surface area contributed by atoms with E-state index in [-0.39, 0.29) is 0 Å². The maximum atomic E-state index is 8.29. The summed E-state index contributed by atoms with van der Waals surface area (Å²) >= 11 is 0. The van der Waals surface area contributed by atoms with Crippen LogP contribution in [0.4, 0.5) is 0 Å². The van der Waals surface area contributed by atoms with Gasteiger partial charge in [-0.25, -0.2) is 0 Å². The van der Waals surface area contributed by atoms with E-state index in [0.29, 0.717) is 12.3 Å². The number of hydrogen-bond donors (Lipinski definition) is 3. The highest BCUT2D eigenvalue weighted by atomic mass is 16.5. The molecule has 5 nitrogen and oxygen atoms in total. The summed E-state index contributed by atoms with van der Waals surface area (Å²) in [6, 6.07) is 0. The van der Waals surface area contributed by atoms with Crippen LogP contribution in [0.2, 0.25) is 0 Å². The molecule has 0 fully saturated rings. The third-order valence-electron chi connectivity index (χ3n) is 2.01. The maximum absolute atomic E-state index is 8.29. The second-order valence-electron chi connectivity index (χ2n) is 3.35. The smallest absolute Gasteiger partial charge is 0.139 e. The van der Waals surface area contributed by atoms with E-state index in [4.69, 9.17) is 15.7 Å². The van der Waals surface area contributed by atoms with Crippen molar-refractivity contribution in [2.75, 3.05) is 26.3 Å². The van der Waals surface area contributed by atoms with Crippen molar-refractivity contribution in [3.05, 3.63) is 0 Å². The third kappa shape index (κ3) is 11.1. The molecule has 0 aliphatic heterocycles. The SMILES string of the molecule is CCOCCCNCCCCC(N)=NO. The lowest BCUT2D eigenvalue weighted by atomic mass is 10.2. The van der Waals surface area contributed by atoms with Crippen LogP contribution in [-0.2, 0) is 4.74 Å². The van der Waals surface area contributed by atoms with E-state index in [1.807, 2.05) is 6.92 Å². The highest BCUT2D eigenvalue weighted by molar-refractivity contribution is 5.79. The van der Waals surface area contributed by atoms with Crippen molar-refractivity contribution in [3.8, 4) is 0 Å². The van der Waals surface area contributed by atoms with Gasteiger partial charge in [-0.3, -0.25) is 0 Å². The quantitative estimate of drug-likeness (QED) is 0.167. The first-order valence-corrected chi connectivity index (χ1v) is 5.56. The predicted octanol–water partition coefficient (Wildman–Crippen LogP) is 0.919. The van der Waals surface area contributed by atoms with Crippen LogP contribution in [0, 0.1) is 0 Å². The van der Waals surface area contributed by atoms with Gasteiger partial charge in [0, 0.05) is 19.6 Å². The van der Waals surface area contributed by atoms with Crippen LogP contribution in [0.25, 0.3) is 0 Å². The first kappa shape index (κ1) is 14.2. The van der Waals surface area contributed by atoms with Crippen LogP contribution in [0.5, 0.6) is 0 Å². The zero-order valence-electron chi connectivity index (χ0n) is 9.54. The molecule has 0 unspecified atom stereocenters. The van der Waals surface area contributed by atoms with Gasteiger partial charge in [0.25, 0.3) is 0 Å². The van der Waals surface area contributed by atoms with Gasteiger partial charge in [0.15, 0.2) is 0 Å². The number of nitrogens with two attached hydrogens (primary N) is 1. The summed E-state index contributed by atoms with van der Waals surface area (Å²) in [5.74, 6) is 0.311. The monoisotopic (exact) mass is 217 g/mol. The number of hydrogen-bond acceptors (Lipinski definition) is 4. The van der Waals surface area contributed by atoms with Gasteiger partial charge in [-0.15, -0.1) is 0 Å². The highest BCUT2D eigenvalue weighted by Gasteiger charge is 1.93. The molecule has 0 spiro atoms. The molecule has 0 saturated heterocycles. The number of rotatable bonds is 10. The van der Waals surface area contributed by atoms with E-state index >= 15 is 0 Å². The molecule has 0 aromatic carbocycles. The number of ether oxygens (including phenoxy) is 1. The number of unbranched alkanes of at least 4 members (excludes halogenated alkanes) is 1. The minimum Gasteiger partial charge on any atom is -0.409 e. The molecule has 0 radical (unpaired) electrons. The maximum Gasteiger partial charge on any atom is 0.139 e. The standard InChI is InChI=1S/C10H23N3O2/c1-2-15-9-5-8-12-7-4-3-6-10(11)13-14/h12,14H,2-9H2,1H3,(H2,11,13). The van der Waals surface area contributed by atoms with E-state index in [1.165, 1.54) is 0 Å². The summed E-state index contributed by atoms with van der Waals surface area (Å²) in [6.07, 6.45) is 3.71. The van der Waals surface area contributed by atoms with E-state index in [1.54, 1.807) is 0 Å². The Labute approximate surface area is 91.7 Å². The van der Waals surface area contributed by atoms with Crippen molar-refractivity contribution < 1.29 is 9.94 Å². The lowest BCUT2D eigenvalue weighted by Crippen LogP contribution is -2.19. The zero-order chi connectivity index (χ0) is 11.4. The number of nitrogens with one attached hydrogen (secondary N) is 1. The summed E-state index contributed by atoms with van der Waals surface area (Å²) < 4.78 is 5.21. The fourth-order valence-electron chi connectivity index (χ4n) is 1.17. The first-order valence-electron chi connectivity index (χ1n) is 5.56. The van der Waals surface area contributed by atoms with Crippen LogP contribution in [0.15, 0.2) is 5.16 Å². The molecule has 0 aliphatic rings. The van der Waals surface area contributed by atoms with Gasteiger partial charge in [0.05, 0.1) is 0 Å². The summed E-state index contributed by atoms with van der Waals surface area (Å²) in [7, 11) is 0. The Morgan fingerprint density at radius 2 is 2.07 bits per heavy atom. The Morgan fingerprint density at radius 1 is 1.33 bits per heavy atom. The fourth-order valence-corrected chi connectivity index (χ4v) is 1.17. The van der Waals surface area contributed by atoms with Crippen LogP contribution in [0.1, 0.15) is 32.6 Å². The normalized spacial score (nSPS) is 11.9. The number of amidine groups is 1. The van der Waals surface area contributed by atoms with Gasteiger partial charge in [-0.05, 0) is 39.3 Å². The molecule has 0 heterocycles. The molecule has 5 heteroatoms. The summed E-state index contributed by atoms with van der Waals surface area (Å²) in [5.41, 5.74) is 5.33. The molecule has 0 amide bonds. The van der Waals surface area contributed by atoms with Gasteiger partial charge in [0.1, 0.15) is 5.84 Å². The van der Waals surface area contributed by atoms with E-state index in [0.717, 1.165) is 45.6 Å². The molecule has 0 aromatic heterocycles. The topological polar surface area (TPSA) is 79.9 Å². The molecule has 0 saturated carbocycles. The highest BCUT2D eigenvalue weighted by Crippen LogP contribution is 1.93. The fraction of sp³-hybridized carbons (Fsp3) is 0.900. The van der Waals surface area contributed by atoms with E-state index < -0.39 is 0 Å².